The number of hydrogen-bond donors (Lipinski definition) is 0. The second-order valence-corrected chi connectivity index (χ2v) is 11.2. The van der Waals surface area contributed by atoms with E-state index in [1.165, 1.54) is 0 Å². The monoisotopic (exact) mass is 505 g/mol. The first-order valence-corrected chi connectivity index (χ1v) is 13.6. The molecule has 2 aromatic heterocycles. The number of benzene rings is 2. The number of hydrogen-bond acceptors (Lipinski definition) is 5. The fourth-order valence-electron chi connectivity index (χ4n) is 4.12. The second-order valence-electron chi connectivity index (χ2n) is 9.33. The Labute approximate surface area is 212 Å². The van der Waals surface area contributed by atoms with Gasteiger partial charge >= 0.3 is 0 Å². The highest BCUT2D eigenvalue weighted by atomic mass is 32.2. The van der Waals surface area contributed by atoms with Crippen LogP contribution in [0.5, 0.6) is 0 Å². The van der Waals surface area contributed by atoms with Crippen LogP contribution in [0.1, 0.15) is 46.8 Å². The zero-order chi connectivity index (χ0) is 25.7. The number of sulfone groups is 1. The smallest absolute Gasteiger partial charge is 0.254 e. The van der Waals surface area contributed by atoms with E-state index >= 15 is 0 Å². The van der Waals surface area contributed by atoms with Gasteiger partial charge in [0.25, 0.3) is 5.91 Å². The van der Waals surface area contributed by atoms with Gasteiger partial charge in [-0.25, -0.2) is 13.4 Å². The van der Waals surface area contributed by atoms with E-state index in [4.69, 9.17) is 4.42 Å². The average molecular weight is 506 g/mol. The van der Waals surface area contributed by atoms with Crippen LogP contribution in [0.25, 0.3) is 0 Å². The van der Waals surface area contributed by atoms with Crippen LogP contribution in [0.15, 0.2) is 88.8 Å². The van der Waals surface area contributed by atoms with Crippen molar-refractivity contribution >= 4 is 15.7 Å². The van der Waals surface area contributed by atoms with Crippen molar-refractivity contribution in [2.75, 3.05) is 0 Å². The first kappa shape index (κ1) is 25.4. The summed E-state index contributed by atoms with van der Waals surface area (Å²) in [5.74, 6) is 0.511. The standard InChI is InChI=1S/C28H31N3O4S/c1-21(2)17-31-25(16-29-28(31)36(33,34)20-24-13-8-7-10-22(24)3)18-30(19-26-14-9-15-35-26)27(32)23-11-5-4-6-12-23/h4-16,21H,17-20H2,1-3H3. The lowest BCUT2D eigenvalue weighted by molar-refractivity contribution is 0.0712. The van der Waals surface area contributed by atoms with E-state index in [0.29, 0.717) is 23.6 Å². The largest absolute Gasteiger partial charge is 0.467 e. The quantitative estimate of drug-likeness (QED) is 0.294. The van der Waals surface area contributed by atoms with E-state index in [1.807, 2.05) is 69.3 Å². The number of furan rings is 1. The number of rotatable bonds is 10. The molecule has 0 spiro atoms. The SMILES string of the molecule is Cc1ccccc1CS(=O)(=O)c1ncc(CN(Cc2ccco2)C(=O)c2ccccc2)n1CC(C)C. The number of imidazole rings is 1. The Bertz CT molecular complexity index is 1410. The minimum atomic E-state index is -3.72. The average Bonchev–Trinajstić information content (AvgIpc) is 3.50. The summed E-state index contributed by atoms with van der Waals surface area (Å²) >= 11 is 0. The van der Waals surface area contributed by atoms with E-state index in [-0.39, 0.29) is 35.8 Å². The Morgan fingerprint density at radius 2 is 1.72 bits per heavy atom. The molecule has 2 heterocycles. The van der Waals surface area contributed by atoms with E-state index in [9.17, 15) is 13.2 Å². The molecule has 8 heteroatoms. The molecule has 188 valence electrons. The maximum Gasteiger partial charge on any atom is 0.254 e. The molecule has 0 saturated heterocycles. The summed E-state index contributed by atoms with van der Waals surface area (Å²) in [7, 11) is -3.72. The van der Waals surface area contributed by atoms with Crippen molar-refractivity contribution < 1.29 is 17.6 Å². The molecule has 4 aromatic rings. The maximum absolute atomic E-state index is 13.5. The van der Waals surface area contributed by atoms with Crippen LogP contribution in [0.2, 0.25) is 0 Å². The van der Waals surface area contributed by atoms with Crippen molar-refractivity contribution in [1.82, 2.24) is 14.5 Å². The summed E-state index contributed by atoms with van der Waals surface area (Å²) in [6, 6.07) is 20.1. The number of amides is 1. The number of carbonyl (C=O) groups excluding carboxylic acids is 1. The Hall–Kier alpha value is -3.65. The van der Waals surface area contributed by atoms with Gasteiger partial charge in [-0.3, -0.25) is 4.79 Å². The third kappa shape index (κ3) is 5.94. The highest BCUT2D eigenvalue weighted by Gasteiger charge is 2.27. The van der Waals surface area contributed by atoms with Crippen LogP contribution in [0.3, 0.4) is 0 Å². The van der Waals surface area contributed by atoms with Crippen LogP contribution in [0, 0.1) is 12.8 Å². The summed E-state index contributed by atoms with van der Waals surface area (Å²) in [6.45, 7) is 6.85. The van der Waals surface area contributed by atoms with Gasteiger partial charge in [-0.1, -0.05) is 56.3 Å². The molecule has 0 atom stereocenters. The molecular weight excluding hydrogens is 474 g/mol. The fraction of sp³-hybridized carbons (Fsp3) is 0.286. The Morgan fingerprint density at radius 1 is 1.00 bits per heavy atom. The molecule has 0 radical (unpaired) electrons. The topological polar surface area (TPSA) is 85.4 Å². The molecular formula is C28H31N3O4S. The lowest BCUT2D eigenvalue weighted by atomic mass is 10.1. The summed E-state index contributed by atoms with van der Waals surface area (Å²) in [4.78, 5) is 19.4. The van der Waals surface area contributed by atoms with E-state index in [0.717, 1.165) is 11.1 Å². The van der Waals surface area contributed by atoms with Gasteiger partial charge in [0, 0.05) is 12.1 Å². The second kappa shape index (κ2) is 11.0. The van der Waals surface area contributed by atoms with Gasteiger partial charge in [0.2, 0.25) is 15.0 Å². The summed E-state index contributed by atoms with van der Waals surface area (Å²) in [6.07, 6.45) is 3.14. The molecule has 0 aliphatic rings. The van der Waals surface area contributed by atoms with Gasteiger partial charge in [-0.2, -0.15) is 0 Å². The molecule has 0 aliphatic carbocycles. The molecule has 0 fully saturated rings. The summed E-state index contributed by atoms with van der Waals surface area (Å²) in [5.41, 5.74) is 2.87. The van der Waals surface area contributed by atoms with Crippen molar-refractivity contribution in [3.63, 3.8) is 0 Å². The number of carbonyl (C=O) groups is 1. The van der Waals surface area contributed by atoms with Crippen LogP contribution < -0.4 is 0 Å². The lowest BCUT2D eigenvalue weighted by Crippen LogP contribution is -2.31. The zero-order valence-electron chi connectivity index (χ0n) is 20.8. The van der Waals surface area contributed by atoms with E-state index < -0.39 is 9.84 Å². The summed E-state index contributed by atoms with van der Waals surface area (Å²) in [5, 5.41) is 0.0274. The molecule has 7 nitrogen and oxygen atoms in total. The Balaban J connectivity index is 1.69. The number of aromatic nitrogens is 2. The minimum Gasteiger partial charge on any atom is -0.467 e. The first-order valence-electron chi connectivity index (χ1n) is 11.9. The molecule has 0 saturated carbocycles. The van der Waals surface area contributed by atoms with Crippen molar-refractivity contribution in [1.29, 1.82) is 0 Å². The van der Waals surface area contributed by atoms with Gasteiger partial charge in [0.1, 0.15) is 5.76 Å². The molecule has 4 rings (SSSR count). The van der Waals surface area contributed by atoms with Crippen molar-refractivity contribution in [3.8, 4) is 0 Å². The van der Waals surface area contributed by atoms with Crippen molar-refractivity contribution in [2.45, 2.75) is 51.3 Å². The molecule has 0 aliphatic heterocycles. The van der Waals surface area contributed by atoms with Crippen molar-refractivity contribution in [3.05, 3.63) is 107 Å². The molecule has 2 aromatic carbocycles. The van der Waals surface area contributed by atoms with Crippen LogP contribution in [-0.2, 0) is 35.2 Å². The molecule has 1 amide bonds. The van der Waals surface area contributed by atoms with Crippen LogP contribution in [-0.4, -0.2) is 28.8 Å². The highest BCUT2D eigenvalue weighted by Crippen LogP contribution is 2.23. The Morgan fingerprint density at radius 3 is 2.39 bits per heavy atom. The number of aryl methyl sites for hydroxylation is 1. The first-order chi connectivity index (χ1) is 17.2. The molecule has 0 bridgehead atoms. The highest BCUT2D eigenvalue weighted by molar-refractivity contribution is 7.90. The van der Waals surface area contributed by atoms with Crippen molar-refractivity contribution in [2.24, 2.45) is 5.92 Å². The van der Waals surface area contributed by atoms with Gasteiger partial charge in [-0.05, 0) is 48.2 Å². The third-order valence-corrected chi connectivity index (χ3v) is 7.50. The fourth-order valence-corrected chi connectivity index (χ4v) is 5.72. The maximum atomic E-state index is 13.5. The normalized spacial score (nSPS) is 11.7. The molecule has 0 N–H and O–H groups in total. The van der Waals surface area contributed by atoms with Gasteiger partial charge in [-0.15, -0.1) is 0 Å². The van der Waals surface area contributed by atoms with E-state index in [1.54, 1.807) is 40.1 Å². The van der Waals surface area contributed by atoms with Crippen LogP contribution >= 0.6 is 0 Å². The Kier molecular flexibility index (Phi) is 7.74. The predicted molar refractivity (Wildman–Crippen MR) is 138 cm³/mol. The molecule has 0 unspecified atom stereocenters. The number of nitrogens with zero attached hydrogens (tertiary/aromatic N) is 3. The van der Waals surface area contributed by atoms with E-state index in [2.05, 4.69) is 4.98 Å². The summed E-state index contributed by atoms with van der Waals surface area (Å²) < 4.78 is 34.2. The van der Waals surface area contributed by atoms with Gasteiger partial charge in [0.05, 0.1) is 37.0 Å². The van der Waals surface area contributed by atoms with Gasteiger partial charge in [0.15, 0.2) is 0 Å². The van der Waals surface area contributed by atoms with Gasteiger partial charge < -0.3 is 13.9 Å². The third-order valence-electron chi connectivity index (χ3n) is 5.92. The lowest BCUT2D eigenvalue weighted by Gasteiger charge is -2.23. The van der Waals surface area contributed by atoms with Crippen LogP contribution in [0.4, 0.5) is 0 Å². The minimum absolute atomic E-state index is 0.0274. The molecule has 36 heavy (non-hydrogen) atoms. The predicted octanol–water partition coefficient (Wildman–Crippen LogP) is 5.26. The zero-order valence-corrected chi connectivity index (χ0v) is 21.6.